The fourth-order valence-electron chi connectivity index (χ4n) is 2.79. The fourth-order valence-corrected chi connectivity index (χ4v) is 5.29. The molecule has 5 nitrogen and oxygen atoms in total. The van der Waals surface area contributed by atoms with Gasteiger partial charge in [0.05, 0.1) is 24.1 Å². The first-order valence-corrected chi connectivity index (χ1v) is 10.4. The average molecular weight is 447 g/mol. The van der Waals surface area contributed by atoms with Gasteiger partial charge in [-0.15, -0.1) is 0 Å². The van der Waals surface area contributed by atoms with Crippen LogP contribution in [-0.2, 0) is 26.0 Å². The molecule has 142 valence electrons. The van der Waals surface area contributed by atoms with Crippen molar-refractivity contribution in [1.82, 2.24) is 3.97 Å². The van der Waals surface area contributed by atoms with E-state index in [1.54, 1.807) is 24.3 Å². The standard InChI is InChI=1S/C18H14Cl3NO4S/c1-26-18(23)7-4-14-9-11-8-12(19)2-5-16(11)22(14)27(24,25)17-6-3-13(20)10-15(17)21/h2-3,5-6,8-10H,4,7H2,1H3. The Morgan fingerprint density at radius 3 is 2.37 bits per heavy atom. The molecule has 3 rings (SSSR count). The third-order valence-corrected chi connectivity index (χ3v) is 6.74. The van der Waals surface area contributed by atoms with Crippen LogP contribution in [0.4, 0.5) is 0 Å². The maximum atomic E-state index is 13.3. The summed E-state index contributed by atoms with van der Waals surface area (Å²) >= 11 is 18.1. The molecule has 0 aliphatic rings. The predicted molar refractivity (Wildman–Crippen MR) is 106 cm³/mol. The molecule has 0 amide bonds. The van der Waals surface area contributed by atoms with Crippen molar-refractivity contribution in [1.29, 1.82) is 0 Å². The van der Waals surface area contributed by atoms with Crippen LogP contribution in [0.3, 0.4) is 0 Å². The first-order valence-electron chi connectivity index (χ1n) is 7.81. The Morgan fingerprint density at radius 1 is 1.04 bits per heavy atom. The van der Waals surface area contributed by atoms with Crippen LogP contribution in [0, 0.1) is 0 Å². The molecule has 0 spiro atoms. The Hall–Kier alpha value is -1.73. The van der Waals surface area contributed by atoms with Crippen molar-refractivity contribution in [2.24, 2.45) is 0 Å². The lowest BCUT2D eigenvalue weighted by Gasteiger charge is -2.13. The van der Waals surface area contributed by atoms with Gasteiger partial charge in [-0.2, -0.15) is 0 Å². The largest absolute Gasteiger partial charge is 0.469 e. The van der Waals surface area contributed by atoms with Crippen LogP contribution in [0.5, 0.6) is 0 Å². The highest BCUT2D eigenvalue weighted by atomic mass is 35.5. The average Bonchev–Trinajstić information content (AvgIpc) is 2.97. The fraction of sp³-hybridized carbons (Fsp3) is 0.167. The molecule has 0 N–H and O–H groups in total. The molecule has 1 heterocycles. The summed E-state index contributed by atoms with van der Waals surface area (Å²) in [6.45, 7) is 0. The lowest BCUT2D eigenvalue weighted by molar-refractivity contribution is -0.140. The molecule has 9 heteroatoms. The van der Waals surface area contributed by atoms with E-state index in [2.05, 4.69) is 4.74 Å². The number of carbonyl (C=O) groups excluding carboxylic acids is 1. The van der Waals surface area contributed by atoms with E-state index in [4.69, 9.17) is 34.8 Å². The summed E-state index contributed by atoms with van der Waals surface area (Å²) < 4.78 is 32.5. The predicted octanol–water partition coefficient (Wildman–Crippen LogP) is 4.94. The first-order chi connectivity index (χ1) is 12.7. The Morgan fingerprint density at radius 2 is 1.70 bits per heavy atom. The van der Waals surface area contributed by atoms with Crippen LogP contribution in [-0.4, -0.2) is 25.5 Å². The Balaban J connectivity index is 2.22. The number of hydrogen-bond donors (Lipinski definition) is 0. The van der Waals surface area contributed by atoms with E-state index in [-0.39, 0.29) is 22.8 Å². The van der Waals surface area contributed by atoms with Crippen LogP contribution >= 0.6 is 34.8 Å². The molecule has 0 bridgehead atoms. The lowest BCUT2D eigenvalue weighted by Crippen LogP contribution is -2.17. The van der Waals surface area contributed by atoms with E-state index in [0.717, 1.165) is 0 Å². The monoisotopic (exact) mass is 445 g/mol. The number of carbonyl (C=O) groups is 1. The molecule has 3 aromatic rings. The maximum absolute atomic E-state index is 13.3. The van der Waals surface area contributed by atoms with Crippen molar-refractivity contribution in [2.45, 2.75) is 17.7 Å². The van der Waals surface area contributed by atoms with Gasteiger partial charge in [-0.3, -0.25) is 4.79 Å². The van der Waals surface area contributed by atoms with Crippen molar-refractivity contribution in [3.63, 3.8) is 0 Å². The van der Waals surface area contributed by atoms with E-state index in [1.807, 2.05) is 0 Å². The minimum atomic E-state index is -4.04. The number of nitrogens with zero attached hydrogens (tertiary/aromatic N) is 1. The van der Waals surface area contributed by atoms with Crippen LogP contribution in [0.1, 0.15) is 12.1 Å². The molecular weight excluding hydrogens is 433 g/mol. The van der Waals surface area contributed by atoms with Crippen molar-refractivity contribution >= 4 is 61.7 Å². The van der Waals surface area contributed by atoms with Crippen LogP contribution in [0.25, 0.3) is 10.9 Å². The number of aryl methyl sites for hydroxylation is 1. The normalized spacial score (nSPS) is 11.7. The van der Waals surface area contributed by atoms with Crippen LogP contribution in [0.2, 0.25) is 15.1 Å². The molecule has 27 heavy (non-hydrogen) atoms. The van der Waals surface area contributed by atoms with E-state index in [9.17, 15) is 13.2 Å². The van der Waals surface area contributed by atoms with Gasteiger partial charge in [0.2, 0.25) is 0 Å². The van der Waals surface area contributed by atoms with Crippen molar-refractivity contribution in [3.8, 4) is 0 Å². The maximum Gasteiger partial charge on any atom is 0.305 e. The number of hydrogen-bond acceptors (Lipinski definition) is 4. The third-order valence-electron chi connectivity index (χ3n) is 4.02. The highest BCUT2D eigenvalue weighted by Gasteiger charge is 2.26. The number of benzene rings is 2. The zero-order valence-electron chi connectivity index (χ0n) is 14.1. The molecule has 0 saturated carbocycles. The Bertz CT molecular complexity index is 1140. The molecule has 0 unspecified atom stereocenters. The van der Waals surface area contributed by atoms with E-state index in [1.165, 1.54) is 29.3 Å². The van der Waals surface area contributed by atoms with Gasteiger partial charge in [0.1, 0.15) is 4.90 Å². The second-order valence-corrected chi connectivity index (χ2v) is 8.79. The minimum Gasteiger partial charge on any atom is -0.469 e. The highest BCUT2D eigenvalue weighted by Crippen LogP contribution is 2.32. The summed E-state index contributed by atoms with van der Waals surface area (Å²) in [6, 6.07) is 10.7. The Labute approximate surface area is 171 Å². The number of halogens is 3. The number of aromatic nitrogens is 1. The quantitative estimate of drug-likeness (QED) is 0.520. The van der Waals surface area contributed by atoms with Gasteiger partial charge in [0.25, 0.3) is 10.0 Å². The molecule has 2 aromatic carbocycles. The summed E-state index contributed by atoms with van der Waals surface area (Å²) in [5.74, 6) is -0.438. The van der Waals surface area contributed by atoms with Gasteiger partial charge in [-0.25, -0.2) is 12.4 Å². The lowest BCUT2D eigenvalue weighted by atomic mass is 10.2. The molecular formula is C18H14Cl3NO4S. The SMILES string of the molecule is COC(=O)CCc1cc2cc(Cl)ccc2n1S(=O)(=O)c1ccc(Cl)cc1Cl. The molecule has 1 aromatic heterocycles. The summed E-state index contributed by atoms with van der Waals surface area (Å²) in [4.78, 5) is 11.5. The first kappa shape index (κ1) is 20.0. The molecule has 0 aliphatic heterocycles. The zero-order valence-corrected chi connectivity index (χ0v) is 17.2. The highest BCUT2D eigenvalue weighted by molar-refractivity contribution is 7.90. The summed E-state index contributed by atoms with van der Waals surface area (Å²) in [5.41, 5.74) is 0.856. The number of methoxy groups -OCH3 is 1. The topological polar surface area (TPSA) is 65.4 Å². The van der Waals surface area contributed by atoms with Crippen LogP contribution in [0.15, 0.2) is 47.4 Å². The van der Waals surface area contributed by atoms with Gasteiger partial charge in [-0.1, -0.05) is 34.8 Å². The second kappa shape index (κ2) is 7.72. The molecule has 0 aliphatic carbocycles. The Kier molecular flexibility index (Phi) is 5.72. The van der Waals surface area contributed by atoms with E-state index >= 15 is 0 Å². The summed E-state index contributed by atoms with van der Waals surface area (Å²) in [5, 5.41) is 1.45. The van der Waals surface area contributed by atoms with Gasteiger partial charge < -0.3 is 4.74 Å². The molecule has 0 fully saturated rings. The second-order valence-electron chi connectivity index (χ2n) is 5.76. The summed E-state index contributed by atoms with van der Waals surface area (Å²) in [7, 11) is -2.76. The van der Waals surface area contributed by atoms with Gasteiger partial charge in [0.15, 0.2) is 0 Å². The number of fused-ring (bicyclic) bond motifs is 1. The third kappa shape index (κ3) is 3.94. The zero-order chi connectivity index (χ0) is 19.8. The number of rotatable bonds is 5. The van der Waals surface area contributed by atoms with Crippen molar-refractivity contribution in [2.75, 3.05) is 7.11 Å². The van der Waals surface area contributed by atoms with E-state index < -0.39 is 16.0 Å². The number of esters is 1. The molecule has 0 atom stereocenters. The van der Waals surface area contributed by atoms with E-state index in [0.29, 0.717) is 26.6 Å². The molecule has 0 saturated heterocycles. The smallest absolute Gasteiger partial charge is 0.305 e. The summed E-state index contributed by atoms with van der Waals surface area (Å²) in [6.07, 6.45) is 0.202. The van der Waals surface area contributed by atoms with Gasteiger partial charge >= 0.3 is 5.97 Å². The van der Waals surface area contributed by atoms with Gasteiger partial charge in [0, 0.05) is 21.1 Å². The molecule has 0 radical (unpaired) electrons. The van der Waals surface area contributed by atoms with Crippen molar-refractivity contribution in [3.05, 3.63) is 63.2 Å². The van der Waals surface area contributed by atoms with Crippen LogP contribution < -0.4 is 0 Å². The minimum absolute atomic E-state index is 0.0113. The van der Waals surface area contributed by atoms with Crippen molar-refractivity contribution < 1.29 is 17.9 Å². The van der Waals surface area contributed by atoms with Gasteiger partial charge in [-0.05, 0) is 48.9 Å². The number of ether oxygens (including phenoxy) is 1.